The third-order valence-electron chi connectivity index (χ3n) is 5.97. The number of anilines is 1. The van der Waals surface area contributed by atoms with Crippen LogP contribution in [0.25, 0.3) is 22.2 Å². The molecule has 162 valence electrons. The Balaban J connectivity index is 1.38. The minimum Gasteiger partial charge on any atom is -0.474 e. The van der Waals surface area contributed by atoms with Gasteiger partial charge in [0.05, 0.1) is 23.3 Å². The topological polar surface area (TPSA) is 106 Å². The van der Waals surface area contributed by atoms with E-state index in [0.717, 1.165) is 53.7 Å². The van der Waals surface area contributed by atoms with Gasteiger partial charge in [0, 0.05) is 55.8 Å². The molecule has 1 saturated carbocycles. The normalized spacial score (nSPS) is 18.4. The first-order chi connectivity index (χ1) is 15.6. The fraction of sp³-hybridized carbons (Fsp3) is 0.348. The number of rotatable bonds is 5. The molecule has 0 unspecified atom stereocenters. The summed E-state index contributed by atoms with van der Waals surface area (Å²) in [7, 11) is 3.78. The van der Waals surface area contributed by atoms with Gasteiger partial charge >= 0.3 is 0 Å². The summed E-state index contributed by atoms with van der Waals surface area (Å²) in [5, 5.41) is 22.4. The van der Waals surface area contributed by atoms with E-state index in [2.05, 4.69) is 37.2 Å². The Morgan fingerprint density at radius 2 is 1.97 bits per heavy atom. The third-order valence-corrected chi connectivity index (χ3v) is 5.97. The fourth-order valence-corrected chi connectivity index (χ4v) is 4.30. The average molecular weight is 429 g/mol. The molecule has 1 aliphatic rings. The molecule has 1 aliphatic carbocycles. The zero-order valence-corrected chi connectivity index (χ0v) is 18.1. The van der Waals surface area contributed by atoms with Crippen LogP contribution in [0.1, 0.15) is 37.3 Å². The maximum absolute atomic E-state index is 8.92. The van der Waals surface area contributed by atoms with E-state index in [9.17, 15) is 0 Å². The average Bonchev–Trinajstić information content (AvgIpc) is 3.43. The predicted molar refractivity (Wildman–Crippen MR) is 120 cm³/mol. The van der Waals surface area contributed by atoms with Crippen molar-refractivity contribution < 1.29 is 4.74 Å². The molecular weight excluding hydrogens is 404 g/mol. The molecule has 0 atom stereocenters. The molecule has 9 heteroatoms. The van der Waals surface area contributed by atoms with Crippen LogP contribution in [0.15, 0.2) is 43.0 Å². The fourth-order valence-electron chi connectivity index (χ4n) is 4.30. The highest BCUT2D eigenvalue weighted by Gasteiger charge is 2.27. The monoisotopic (exact) mass is 428 g/mol. The van der Waals surface area contributed by atoms with E-state index in [1.165, 1.54) is 0 Å². The molecule has 5 rings (SSSR count). The first kappa shape index (κ1) is 20.0. The lowest BCUT2D eigenvalue weighted by molar-refractivity contribution is 0.126. The number of hydrogen-bond donors (Lipinski definition) is 1. The second-order valence-corrected chi connectivity index (χ2v) is 8.08. The van der Waals surface area contributed by atoms with Crippen LogP contribution < -0.4 is 10.1 Å². The molecule has 4 aromatic heterocycles. The number of nitriles is 1. The molecule has 4 heterocycles. The van der Waals surface area contributed by atoms with Gasteiger partial charge < -0.3 is 10.1 Å². The van der Waals surface area contributed by atoms with E-state index in [1.807, 2.05) is 32.7 Å². The van der Waals surface area contributed by atoms with E-state index in [-0.39, 0.29) is 12.1 Å². The summed E-state index contributed by atoms with van der Waals surface area (Å²) >= 11 is 0. The minimum atomic E-state index is 0.112. The largest absolute Gasteiger partial charge is 0.474 e. The quantitative estimate of drug-likeness (QED) is 0.516. The van der Waals surface area contributed by atoms with Crippen molar-refractivity contribution in [2.24, 2.45) is 7.05 Å². The predicted octanol–water partition coefficient (Wildman–Crippen LogP) is 3.70. The Morgan fingerprint density at radius 3 is 2.62 bits per heavy atom. The lowest BCUT2D eigenvalue weighted by Crippen LogP contribution is -2.26. The van der Waals surface area contributed by atoms with Gasteiger partial charge in [0.25, 0.3) is 0 Å². The molecule has 1 N–H and O–H groups in total. The standard InChI is InChI=1S/C23H24N8O/c1-25-21-9-20-19(13-26-21)23(16-12-28-30(2)14-16)29-31(20)17-4-6-18(7-5-17)32-22-8-3-15(10-24)11-27-22/h3,8-9,11-14,17-18H,4-7H2,1-2H3,(H,25,26)/t17-,18+. The number of fused-ring (bicyclic) bond motifs is 1. The summed E-state index contributed by atoms with van der Waals surface area (Å²) < 4.78 is 10.00. The van der Waals surface area contributed by atoms with Crippen LogP contribution in [0.3, 0.4) is 0 Å². The van der Waals surface area contributed by atoms with Crippen LogP contribution in [0.2, 0.25) is 0 Å². The van der Waals surface area contributed by atoms with Crippen molar-refractivity contribution in [3.05, 3.63) is 48.5 Å². The highest BCUT2D eigenvalue weighted by molar-refractivity contribution is 5.93. The molecule has 32 heavy (non-hydrogen) atoms. The summed E-state index contributed by atoms with van der Waals surface area (Å²) in [6.07, 6.45) is 11.1. The first-order valence-corrected chi connectivity index (χ1v) is 10.7. The molecule has 0 spiro atoms. The lowest BCUT2D eigenvalue weighted by Gasteiger charge is -2.29. The van der Waals surface area contributed by atoms with E-state index in [4.69, 9.17) is 15.1 Å². The summed E-state index contributed by atoms with van der Waals surface area (Å²) in [5.41, 5.74) is 3.50. The van der Waals surface area contributed by atoms with Gasteiger partial charge in [0.2, 0.25) is 5.88 Å². The number of nitrogens with zero attached hydrogens (tertiary/aromatic N) is 7. The maximum Gasteiger partial charge on any atom is 0.213 e. The molecule has 0 amide bonds. The van der Waals surface area contributed by atoms with Gasteiger partial charge in [0.15, 0.2) is 0 Å². The van der Waals surface area contributed by atoms with Gasteiger partial charge in [-0.05, 0) is 31.7 Å². The Bertz CT molecular complexity index is 1280. The van der Waals surface area contributed by atoms with Crippen molar-refractivity contribution in [1.82, 2.24) is 29.5 Å². The van der Waals surface area contributed by atoms with E-state index >= 15 is 0 Å². The number of aromatic nitrogens is 6. The van der Waals surface area contributed by atoms with Crippen molar-refractivity contribution >= 4 is 16.7 Å². The SMILES string of the molecule is CNc1cc2c(cn1)c(-c1cnn(C)c1)nn2[C@H]1CC[C@@H](Oc2ccc(C#N)cn2)CC1. The smallest absolute Gasteiger partial charge is 0.213 e. The first-order valence-electron chi connectivity index (χ1n) is 10.7. The molecule has 0 aromatic carbocycles. The van der Waals surface area contributed by atoms with Gasteiger partial charge in [-0.15, -0.1) is 0 Å². The van der Waals surface area contributed by atoms with Gasteiger partial charge in [-0.1, -0.05) is 0 Å². The van der Waals surface area contributed by atoms with Crippen LogP contribution in [-0.4, -0.2) is 42.7 Å². The van der Waals surface area contributed by atoms with Crippen LogP contribution in [0.4, 0.5) is 5.82 Å². The molecule has 4 aromatic rings. The Morgan fingerprint density at radius 1 is 1.12 bits per heavy atom. The van der Waals surface area contributed by atoms with Gasteiger partial charge in [-0.2, -0.15) is 15.5 Å². The molecule has 9 nitrogen and oxygen atoms in total. The van der Waals surface area contributed by atoms with Crippen LogP contribution in [-0.2, 0) is 7.05 Å². The summed E-state index contributed by atoms with van der Waals surface area (Å²) in [5.74, 6) is 1.39. The third kappa shape index (κ3) is 3.75. The molecule has 0 radical (unpaired) electrons. The number of aryl methyl sites for hydroxylation is 1. The second-order valence-electron chi connectivity index (χ2n) is 8.08. The summed E-state index contributed by atoms with van der Waals surface area (Å²) in [6.45, 7) is 0. The van der Waals surface area contributed by atoms with Crippen molar-refractivity contribution in [2.45, 2.75) is 37.8 Å². The number of pyridine rings is 2. The van der Waals surface area contributed by atoms with Gasteiger partial charge in [-0.3, -0.25) is 9.36 Å². The molecular formula is C23H24N8O. The Labute approximate surface area is 185 Å². The van der Waals surface area contributed by atoms with Crippen LogP contribution in [0, 0.1) is 11.3 Å². The zero-order valence-electron chi connectivity index (χ0n) is 18.1. The van der Waals surface area contributed by atoms with Gasteiger partial charge in [0.1, 0.15) is 23.7 Å². The molecule has 0 aliphatic heterocycles. The second kappa shape index (κ2) is 8.30. The number of hydrogen-bond acceptors (Lipinski definition) is 7. The molecule has 0 bridgehead atoms. The van der Waals surface area contributed by atoms with Crippen LogP contribution in [0.5, 0.6) is 5.88 Å². The van der Waals surface area contributed by atoms with E-state index < -0.39 is 0 Å². The van der Waals surface area contributed by atoms with Crippen molar-refractivity contribution in [1.29, 1.82) is 5.26 Å². The van der Waals surface area contributed by atoms with Crippen molar-refractivity contribution in [3.8, 4) is 23.2 Å². The number of ether oxygens (including phenoxy) is 1. The molecule has 1 fully saturated rings. The summed E-state index contributed by atoms with van der Waals surface area (Å²) in [4.78, 5) is 8.74. The highest BCUT2D eigenvalue weighted by atomic mass is 16.5. The minimum absolute atomic E-state index is 0.112. The molecule has 0 saturated heterocycles. The Kier molecular flexibility index (Phi) is 5.19. The van der Waals surface area contributed by atoms with E-state index in [0.29, 0.717) is 11.4 Å². The lowest BCUT2D eigenvalue weighted by atomic mass is 9.93. The van der Waals surface area contributed by atoms with E-state index in [1.54, 1.807) is 23.0 Å². The highest BCUT2D eigenvalue weighted by Crippen LogP contribution is 2.36. The zero-order chi connectivity index (χ0) is 22.1. The van der Waals surface area contributed by atoms with Crippen molar-refractivity contribution in [2.75, 3.05) is 12.4 Å². The maximum atomic E-state index is 8.92. The van der Waals surface area contributed by atoms with Crippen LogP contribution >= 0.6 is 0 Å². The van der Waals surface area contributed by atoms with Gasteiger partial charge in [-0.25, -0.2) is 9.97 Å². The Hall–Kier alpha value is -3.93. The summed E-state index contributed by atoms with van der Waals surface area (Å²) in [6, 6.07) is 7.92. The van der Waals surface area contributed by atoms with Crippen molar-refractivity contribution in [3.63, 3.8) is 0 Å². The number of nitrogens with one attached hydrogen (secondary N) is 1.